The van der Waals surface area contributed by atoms with Crippen LogP contribution in [0.3, 0.4) is 0 Å². The van der Waals surface area contributed by atoms with Crippen molar-refractivity contribution >= 4 is 39.0 Å². The summed E-state index contributed by atoms with van der Waals surface area (Å²) in [6.07, 6.45) is 0. The third-order valence-corrected chi connectivity index (χ3v) is 9.24. The van der Waals surface area contributed by atoms with Gasteiger partial charge >= 0.3 is 0 Å². The lowest BCUT2D eigenvalue weighted by molar-refractivity contribution is 0.102. The van der Waals surface area contributed by atoms with E-state index < -0.39 is 10.0 Å². The first kappa shape index (κ1) is 28.7. The Morgan fingerprint density at radius 1 is 0.805 bits per heavy atom. The molecule has 1 amide bonds. The van der Waals surface area contributed by atoms with Crippen LogP contribution in [0.4, 0.5) is 5.69 Å². The summed E-state index contributed by atoms with van der Waals surface area (Å²) in [5.41, 5.74) is 3.59. The fourth-order valence-electron chi connectivity index (χ4n) is 4.81. The summed E-state index contributed by atoms with van der Waals surface area (Å²) < 4.78 is 27.6. The number of rotatable bonds is 8. The number of sulfonamides is 1. The van der Waals surface area contributed by atoms with Crippen LogP contribution < -0.4 is 5.32 Å². The molecule has 1 heterocycles. The van der Waals surface area contributed by atoms with E-state index in [1.807, 2.05) is 31.2 Å². The third kappa shape index (κ3) is 6.74. The smallest absolute Gasteiger partial charge is 0.255 e. The molecule has 7 nitrogen and oxygen atoms in total. The van der Waals surface area contributed by atoms with Crippen LogP contribution >= 0.6 is 11.6 Å². The Morgan fingerprint density at radius 2 is 1.49 bits per heavy atom. The fourth-order valence-corrected chi connectivity index (χ4v) is 6.40. The second-order valence-electron chi connectivity index (χ2n) is 10.0. The largest absolute Gasteiger partial charge is 0.321 e. The summed E-state index contributed by atoms with van der Waals surface area (Å²) in [6, 6.07) is 27.9. The van der Waals surface area contributed by atoms with Gasteiger partial charge in [-0.25, -0.2) is 8.42 Å². The van der Waals surface area contributed by atoms with E-state index in [-0.39, 0.29) is 11.7 Å². The monoisotopic (exact) mass is 587 g/mol. The zero-order valence-electron chi connectivity index (χ0n) is 22.6. The van der Waals surface area contributed by atoms with E-state index in [4.69, 9.17) is 11.6 Å². The first-order valence-electron chi connectivity index (χ1n) is 13.3. The standard InChI is InChI=1S/C32H30ClN3O4S/c1-23-10-13-28(14-11-23)41(39,40)36-18-16-35(17-19-36)22-24-6-5-9-26(20-24)32(38)34-30-15-12-27(33)21-29(30)31(37)25-7-3-2-4-8-25/h2-15,20-21H,16-19,22H2,1H3,(H,34,38). The van der Waals surface area contributed by atoms with Crippen LogP contribution in [-0.4, -0.2) is 55.5 Å². The van der Waals surface area contributed by atoms with Crippen LogP contribution in [0, 0.1) is 6.92 Å². The summed E-state index contributed by atoms with van der Waals surface area (Å²) in [5, 5.41) is 3.27. The van der Waals surface area contributed by atoms with Crippen molar-refractivity contribution in [2.24, 2.45) is 0 Å². The van der Waals surface area contributed by atoms with Crippen molar-refractivity contribution in [2.45, 2.75) is 18.4 Å². The lowest BCUT2D eigenvalue weighted by atomic mass is 10.0. The first-order valence-corrected chi connectivity index (χ1v) is 15.1. The summed E-state index contributed by atoms with van der Waals surface area (Å²) in [5.74, 6) is -0.578. The molecule has 1 saturated heterocycles. The van der Waals surface area contributed by atoms with Crippen molar-refractivity contribution in [3.63, 3.8) is 0 Å². The molecule has 1 fully saturated rings. The number of anilines is 1. The molecular formula is C32H30ClN3O4S. The molecule has 0 aliphatic carbocycles. The highest BCUT2D eigenvalue weighted by atomic mass is 35.5. The van der Waals surface area contributed by atoms with Crippen molar-refractivity contribution in [3.8, 4) is 0 Å². The number of hydrogen-bond donors (Lipinski definition) is 1. The Bertz CT molecular complexity index is 1670. The molecule has 1 aliphatic heterocycles. The molecule has 4 aromatic rings. The molecule has 0 atom stereocenters. The van der Waals surface area contributed by atoms with Crippen molar-refractivity contribution in [1.29, 1.82) is 0 Å². The van der Waals surface area contributed by atoms with Crippen molar-refractivity contribution in [2.75, 3.05) is 31.5 Å². The third-order valence-electron chi connectivity index (χ3n) is 7.10. The Balaban J connectivity index is 1.24. The van der Waals surface area contributed by atoms with E-state index in [0.717, 1.165) is 11.1 Å². The molecule has 41 heavy (non-hydrogen) atoms. The van der Waals surface area contributed by atoms with Gasteiger partial charge in [0, 0.05) is 54.4 Å². The van der Waals surface area contributed by atoms with Gasteiger partial charge in [0.05, 0.1) is 10.6 Å². The number of benzene rings is 4. The number of ketones is 1. The Kier molecular flexibility index (Phi) is 8.65. The minimum atomic E-state index is -3.53. The van der Waals surface area contributed by atoms with Crippen LogP contribution in [0.25, 0.3) is 0 Å². The van der Waals surface area contributed by atoms with Crippen molar-refractivity contribution < 1.29 is 18.0 Å². The predicted octanol–water partition coefficient (Wildman–Crippen LogP) is 5.64. The number of hydrogen-bond acceptors (Lipinski definition) is 5. The molecule has 0 spiro atoms. The van der Waals surface area contributed by atoms with Gasteiger partial charge in [-0.05, 0) is 55.0 Å². The zero-order valence-corrected chi connectivity index (χ0v) is 24.2. The van der Waals surface area contributed by atoms with Crippen LogP contribution in [-0.2, 0) is 16.6 Å². The van der Waals surface area contributed by atoms with Crippen LogP contribution in [0.2, 0.25) is 5.02 Å². The molecule has 0 aromatic heterocycles. The van der Waals surface area contributed by atoms with E-state index in [1.54, 1.807) is 72.8 Å². The Morgan fingerprint density at radius 3 is 2.20 bits per heavy atom. The SMILES string of the molecule is Cc1ccc(S(=O)(=O)N2CCN(Cc3cccc(C(=O)Nc4ccc(Cl)cc4C(=O)c4ccccc4)c3)CC2)cc1. The average molecular weight is 588 g/mol. The summed E-state index contributed by atoms with van der Waals surface area (Å²) in [7, 11) is -3.53. The van der Waals surface area contributed by atoms with E-state index >= 15 is 0 Å². The van der Waals surface area contributed by atoms with E-state index in [9.17, 15) is 18.0 Å². The molecule has 0 bridgehead atoms. The number of nitrogens with one attached hydrogen (secondary N) is 1. The minimum absolute atomic E-state index is 0.235. The van der Waals surface area contributed by atoms with Gasteiger partial charge < -0.3 is 5.32 Å². The summed E-state index contributed by atoms with van der Waals surface area (Å²) in [6.45, 7) is 4.46. The molecule has 0 saturated carbocycles. The molecule has 0 radical (unpaired) electrons. The van der Waals surface area contributed by atoms with Crippen molar-refractivity contribution in [1.82, 2.24) is 9.21 Å². The number of amides is 1. The van der Waals surface area contributed by atoms with Gasteiger partial charge in [-0.15, -0.1) is 0 Å². The number of carbonyl (C=O) groups excluding carboxylic acids is 2. The quantitative estimate of drug-likeness (QED) is 0.270. The van der Waals surface area contributed by atoms with Crippen molar-refractivity contribution in [3.05, 3.63) is 130 Å². The molecular weight excluding hydrogens is 558 g/mol. The number of piperazine rings is 1. The summed E-state index contributed by atoms with van der Waals surface area (Å²) in [4.78, 5) is 28.8. The van der Waals surface area contributed by atoms with Gasteiger partial charge in [-0.3, -0.25) is 14.5 Å². The highest BCUT2D eigenvalue weighted by molar-refractivity contribution is 7.89. The molecule has 210 valence electrons. The maximum absolute atomic E-state index is 13.2. The van der Waals surface area contributed by atoms with Gasteiger partial charge in [0.1, 0.15) is 0 Å². The van der Waals surface area contributed by atoms with E-state index in [1.165, 1.54) is 4.31 Å². The maximum Gasteiger partial charge on any atom is 0.255 e. The maximum atomic E-state index is 13.2. The number of halogens is 1. The fraction of sp³-hybridized carbons (Fsp3) is 0.188. The van der Waals surface area contributed by atoms with Gasteiger partial charge in [0.15, 0.2) is 5.78 Å². The topological polar surface area (TPSA) is 86.8 Å². The lowest BCUT2D eigenvalue weighted by Gasteiger charge is -2.34. The van der Waals surface area contributed by atoms with Crippen LogP contribution in [0.15, 0.2) is 102 Å². The number of carbonyl (C=O) groups is 2. The van der Waals surface area contributed by atoms with Crippen LogP contribution in [0.5, 0.6) is 0 Å². The van der Waals surface area contributed by atoms with E-state index in [2.05, 4.69) is 10.2 Å². The number of nitrogens with zero attached hydrogens (tertiary/aromatic N) is 2. The van der Waals surface area contributed by atoms with E-state index in [0.29, 0.717) is 65.0 Å². The van der Waals surface area contributed by atoms with Crippen LogP contribution in [0.1, 0.15) is 37.4 Å². The molecule has 1 N–H and O–H groups in total. The highest BCUT2D eigenvalue weighted by Crippen LogP contribution is 2.25. The average Bonchev–Trinajstić information content (AvgIpc) is 2.99. The highest BCUT2D eigenvalue weighted by Gasteiger charge is 2.28. The second-order valence-corrected chi connectivity index (χ2v) is 12.4. The molecule has 5 rings (SSSR count). The molecule has 0 unspecified atom stereocenters. The van der Waals surface area contributed by atoms with Gasteiger partial charge in [-0.1, -0.05) is 71.8 Å². The first-order chi connectivity index (χ1) is 19.7. The van der Waals surface area contributed by atoms with Gasteiger partial charge in [-0.2, -0.15) is 4.31 Å². The lowest BCUT2D eigenvalue weighted by Crippen LogP contribution is -2.48. The molecule has 4 aromatic carbocycles. The summed E-state index contributed by atoms with van der Waals surface area (Å²) >= 11 is 6.18. The second kappa shape index (κ2) is 12.4. The Hall–Kier alpha value is -3.82. The zero-order chi connectivity index (χ0) is 29.0. The van der Waals surface area contributed by atoms with Gasteiger partial charge in [0.25, 0.3) is 5.91 Å². The predicted molar refractivity (Wildman–Crippen MR) is 161 cm³/mol. The van der Waals surface area contributed by atoms with Gasteiger partial charge in [0.2, 0.25) is 10.0 Å². The molecule has 1 aliphatic rings. The Labute approximate surface area is 245 Å². The minimum Gasteiger partial charge on any atom is -0.321 e. The number of aryl methyl sites for hydroxylation is 1. The normalized spacial score (nSPS) is 14.5. The molecule has 9 heteroatoms.